The van der Waals surface area contributed by atoms with Crippen LogP contribution in [0.3, 0.4) is 0 Å². The maximum Gasteiger partial charge on any atom is 0.323 e. The molecule has 67 heavy (non-hydrogen) atoms. The third-order valence-electron chi connectivity index (χ3n) is 11.8. The number of nitrogens with one attached hydrogen (secondary N) is 4. The van der Waals surface area contributed by atoms with Gasteiger partial charge in [0.05, 0.1) is 66.1 Å². The number of ether oxygens (including phenoxy) is 2. The van der Waals surface area contributed by atoms with Crippen LogP contribution in [0.25, 0.3) is 55.0 Å². The summed E-state index contributed by atoms with van der Waals surface area (Å²) in [7, 11) is 0. The predicted molar refractivity (Wildman–Crippen MR) is 259 cm³/mol. The van der Waals surface area contributed by atoms with Crippen molar-refractivity contribution in [3.8, 4) is 22.1 Å². The Morgan fingerprint density at radius 1 is 0.821 bits per heavy atom. The minimum atomic E-state index is -0.569. The average Bonchev–Trinajstić information content (AvgIpc) is 4.07. The molecule has 1 atom stereocenters. The van der Waals surface area contributed by atoms with E-state index in [1.165, 1.54) is 4.88 Å². The monoisotopic (exact) mass is 933 g/mol. The highest BCUT2D eigenvalue weighted by molar-refractivity contribution is 7.15. The molecule has 10 rings (SSSR count). The number of aromatic nitrogens is 8. The van der Waals surface area contributed by atoms with Gasteiger partial charge in [-0.3, -0.25) is 28.7 Å². The first-order chi connectivity index (χ1) is 32.6. The van der Waals surface area contributed by atoms with E-state index in [4.69, 9.17) is 31.1 Å². The molecule has 6 heterocycles. The molecule has 0 radical (unpaired) electrons. The molecule has 338 valence electrons. The van der Waals surface area contributed by atoms with Gasteiger partial charge in [-0.05, 0) is 87.0 Å². The van der Waals surface area contributed by atoms with Gasteiger partial charge in [-0.15, -0.1) is 21.5 Å². The number of fused-ring (bicyclic) bond motifs is 6. The molecule has 0 bridgehead atoms. The van der Waals surface area contributed by atoms with Crippen molar-refractivity contribution in [3.05, 3.63) is 151 Å². The van der Waals surface area contributed by atoms with Gasteiger partial charge in [-0.2, -0.15) is 0 Å². The largest absolute Gasteiger partial charge is 0.377 e. The number of hydrogen-bond acceptors (Lipinski definition) is 11. The van der Waals surface area contributed by atoms with Crippen LogP contribution in [-0.2, 0) is 14.3 Å². The maximum atomic E-state index is 13.3. The van der Waals surface area contributed by atoms with Crippen molar-refractivity contribution in [2.75, 3.05) is 39.5 Å². The van der Waals surface area contributed by atoms with Crippen LogP contribution in [0.1, 0.15) is 56.0 Å². The molecule has 5 aromatic heterocycles. The van der Waals surface area contributed by atoms with Crippen molar-refractivity contribution >= 4 is 73.4 Å². The second kappa shape index (κ2) is 18.5. The lowest BCUT2D eigenvalue weighted by molar-refractivity contribution is -0.121. The van der Waals surface area contributed by atoms with Crippen LogP contribution in [0, 0.1) is 20.8 Å². The van der Waals surface area contributed by atoms with Gasteiger partial charge < -0.3 is 30.1 Å². The highest BCUT2D eigenvalue weighted by Gasteiger charge is 2.32. The highest BCUT2D eigenvalue weighted by Crippen LogP contribution is 2.40. The molecule has 2 amide bonds. The number of pyridine rings is 1. The third-order valence-corrected chi connectivity index (χ3v) is 13.2. The number of aliphatic imine (C=N–C) groups is 1. The molecule has 1 aliphatic rings. The molecule has 1 aliphatic heterocycles. The SMILES string of the molecule is Cc1sc2c(c1C)C(c1ccc(Cl)cc1)=NC(CC(=O)NCCOCCOCCNC(=O)c1ccc3c(c1)nc(-c1ccnc4ccccc14)n3-c1ccc3[nH]c(=O)[nH]c3c1)c1nnc(C)n1-2. The summed E-state index contributed by atoms with van der Waals surface area (Å²) >= 11 is 7.90. The van der Waals surface area contributed by atoms with E-state index in [1.54, 1.807) is 29.7 Å². The average molecular weight is 934 g/mol. The zero-order chi connectivity index (χ0) is 46.2. The zero-order valence-electron chi connectivity index (χ0n) is 36.7. The van der Waals surface area contributed by atoms with E-state index in [2.05, 4.69) is 49.6 Å². The highest BCUT2D eigenvalue weighted by atomic mass is 35.5. The van der Waals surface area contributed by atoms with Crippen LogP contribution in [0.5, 0.6) is 0 Å². The number of carbonyl (C=O) groups is 2. The van der Waals surface area contributed by atoms with E-state index >= 15 is 0 Å². The maximum absolute atomic E-state index is 13.3. The van der Waals surface area contributed by atoms with Gasteiger partial charge in [0.15, 0.2) is 5.82 Å². The quantitative estimate of drug-likeness (QED) is 0.0753. The molecule has 9 aromatic rings. The fourth-order valence-electron chi connectivity index (χ4n) is 8.42. The number of halogens is 1. The Morgan fingerprint density at radius 2 is 1.60 bits per heavy atom. The number of nitrogens with zero attached hydrogens (tertiary/aromatic N) is 7. The summed E-state index contributed by atoms with van der Waals surface area (Å²) in [5, 5.41) is 17.3. The lowest BCUT2D eigenvalue weighted by Crippen LogP contribution is -2.29. The molecule has 0 fully saturated rings. The molecule has 0 spiro atoms. The Hall–Kier alpha value is -7.31. The van der Waals surface area contributed by atoms with Crippen LogP contribution in [0.4, 0.5) is 0 Å². The smallest absolute Gasteiger partial charge is 0.323 e. The number of amides is 2. The number of imidazole rings is 2. The Balaban J connectivity index is 0.719. The second-order valence-electron chi connectivity index (χ2n) is 16.1. The van der Waals surface area contributed by atoms with Gasteiger partial charge in [-0.25, -0.2) is 9.78 Å². The van der Waals surface area contributed by atoms with Crippen molar-refractivity contribution in [2.24, 2.45) is 4.99 Å². The molecular weight excluding hydrogens is 890 g/mol. The van der Waals surface area contributed by atoms with E-state index in [9.17, 15) is 14.4 Å². The van der Waals surface area contributed by atoms with Crippen LogP contribution in [0.15, 0.2) is 107 Å². The first-order valence-corrected chi connectivity index (χ1v) is 23.0. The van der Waals surface area contributed by atoms with Gasteiger partial charge in [-0.1, -0.05) is 41.9 Å². The lowest BCUT2D eigenvalue weighted by Gasteiger charge is -2.13. The molecule has 16 nitrogen and oxygen atoms in total. The van der Waals surface area contributed by atoms with Gasteiger partial charge in [0.2, 0.25) is 5.91 Å². The van der Waals surface area contributed by atoms with Crippen LogP contribution >= 0.6 is 22.9 Å². The lowest BCUT2D eigenvalue weighted by atomic mass is 9.99. The fraction of sp³-hybridized carbons (Fsp3) is 0.224. The first kappa shape index (κ1) is 43.6. The van der Waals surface area contributed by atoms with Gasteiger partial charge in [0.1, 0.15) is 22.7 Å². The van der Waals surface area contributed by atoms with E-state index in [0.29, 0.717) is 65.2 Å². The molecule has 0 saturated heterocycles. The van der Waals surface area contributed by atoms with Crippen LogP contribution in [-0.4, -0.2) is 96.3 Å². The second-order valence-corrected chi connectivity index (χ2v) is 17.7. The Bertz CT molecular complexity index is 3430. The van der Waals surface area contributed by atoms with E-state index in [1.807, 2.05) is 94.9 Å². The third kappa shape index (κ3) is 8.65. The number of thiophene rings is 1. The molecule has 0 aliphatic carbocycles. The summed E-state index contributed by atoms with van der Waals surface area (Å²) in [5.41, 5.74) is 9.24. The molecule has 1 unspecified atom stereocenters. The Morgan fingerprint density at radius 3 is 2.42 bits per heavy atom. The normalized spacial score (nSPS) is 13.4. The first-order valence-electron chi connectivity index (χ1n) is 21.8. The molecule has 4 N–H and O–H groups in total. The number of carbonyl (C=O) groups excluding carboxylic acids is 2. The zero-order valence-corrected chi connectivity index (χ0v) is 38.3. The number of rotatable bonds is 15. The van der Waals surface area contributed by atoms with Crippen LogP contribution < -0.4 is 16.3 Å². The van der Waals surface area contributed by atoms with Gasteiger partial charge in [0, 0.05) is 62.5 Å². The van der Waals surface area contributed by atoms with Crippen LogP contribution in [0.2, 0.25) is 5.02 Å². The summed E-state index contributed by atoms with van der Waals surface area (Å²) in [6, 6.07) is 27.9. The Labute approximate surface area is 392 Å². The topological polar surface area (TPSA) is 199 Å². The van der Waals surface area contributed by atoms with E-state index in [-0.39, 0.29) is 37.1 Å². The van der Waals surface area contributed by atoms with Crippen molar-refractivity contribution in [3.63, 3.8) is 0 Å². The number of benzene rings is 4. The summed E-state index contributed by atoms with van der Waals surface area (Å²) in [6.07, 6.45) is 1.83. The summed E-state index contributed by atoms with van der Waals surface area (Å²) in [4.78, 5) is 60.3. The van der Waals surface area contributed by atoms with Crippen molar-refractivity contribution in [2.45, 2.75) is 33.2 Å². The summed E-state index contributed by atoms with van der Waals surface area (Å²) in [6.45, 7) is 7.87. The minimum absolute atomic E-state index is 0.0768. The summed E-state index contributed by atoms with van der Waals surface area (Å²) < 4.78 is 15.5. The van der Waals surface area contributed by atoms with Gasteiger partial charge in [0.25, 0.3) is 5.91 Å². The van der Waals surface area contributed by atoms with Crippen molar-refractivity contribution < 1.29 is 19.1 Å². The number of hydrogen-bond donors (Lipinski definition) is 4. The summed E-state index contributed by atoms with van der Waals surface area (Å²) in [5.74, 6) is 1.56. The fourth-order valence-corrected chi connectivity index (χ4v) is 9.76. The number of H-pyrrole nitrogens is 2. The number of para-hydroxylation sites is 1. The van der Waals surface area contributed by atoms with Crippen molar-refractivity contribution in [1.82, 2.24) is 49.9 Å². The molecule has 18 heteroatoms. The van der Waals surface area contributed by atoms with E-state index in [0.717, 1.165) is 60.9 Å². The molecule has 0 saturated carbocycles. The predicted octanol–water partition coefficient (Wildman–Crippen LogP) is 7.49. The number of aromatic amines is 2. The minimum Gasteiger partial charge on any atom is -0.377 e. The Kier molecular flexibility index (Phi) is 12.0. The molecular formula is C49H44ClN11O5S. The van der Waals surface area contributed by atoms with Crippen molar-refractivity contribution in [1.29, 1.82) is 0 Å². The number of aryl methyl sites for hydroxylation is 2. The van der Waals surface area contributed by atoms with Gasteiger partial charge >= 0.3 is 5.69 Å². The van der Waals surface area contributed by atoms with E-state index < -0.39 is 6.04 Å². The standard InChI is InChI=1S/C49H44ClN11O5S/c1-27-28(2)67-48-43(27)44(30-8-11-32(50)12-9-30)54-40(46-59-58-29(3)60(46)48)26-42(62)52-18-20-65-22-23-66-21-19-53-47(63)31-10-15-41-39(24-31)55-45(35-16-17-51-36-7-5-4-6-34(35)36)61(41)33-13-14-37-38(25-33)57-49(64)56-37/h4-17,24-25,40H,18-23,26H2,1-3H3,(H,52,62)(H,53,63)(H2,56,57,64). The molecule has 4 aromatic carbocycles.